The number of nitrogens with zero attached hydrogens (tertiary/aromatic N) is 1. The van der Waals surface area contributed by atoms with Gasteiger partial charge in [-0.25, -0.2) is 0 Å². The van der Waals surface area contributed by atoms with Crippen LogP contribution in [0.1, 0.15) is 13.3 Å². The third-order valence-electron chi connectivity index (χ3n) is 2.46. The minimum absolute atomic E-state index is 0.443. The largest absolute Gasteiger partial charge is 0.372 e. The van der Waals surface area contributed by atoms with E-state index in [0.717, 1.165) is 17.1 Å². The standard InChI is InChI=1S/C11H17ClN2/c1-9(6-7-13)14(2)11-5-3-4-10(12)8-11/h3-5,8-9H,6-7,13H2,1-2H3. The van der Waals surface area contributed by atoms with Gasteiger partial charge in [-0.3, -0.25) is 0 Å². The molecule has 1 aromatic carbocycles. The molecule has 0 aliphatic rings. The molecule has 0 aliphatic heterocycles. The first-order valence-corrected chi connectivity index (χ1v) is 5.21. The Bertz CT molecular complexity index is 288. The highest BCUT2D eigenvalue weighted by Crippen LogP contribution is 2.20. The fourth-order valence-electron chi connectivity index (χ4n) is 1.38. The zero-order chi connectivity index (χ0) is 10.6. The molecule has 1 unspecified atom stereocenters. The number of rotatable bonds is 4. The third kappa shape index (κ3) is 2.89. The molecule has 0 aromatic heterocycles. The van der Waals surface area contributed by atoms with Crippen molar-refractivity contribution in [3.63, 3.8) is 0 Å². The molecule has 0 radical (unpaired) electrons. The Kier molecular flexibility index (Phi) is 4.23. The summed E-state index contributed by atoms with van der Waals surface area (Å²) in [6.45, 7) is 2.87. The predicted molar refractivity (Wildman–Crippen MR) is 63.0 cm³/mol. The van der Waals surface area contributed by atoms with E-state index in [1.165, 1.54) is 0 Å². The van der Waals surface area contributed by atoms with Crippen LogP contribution in [0.3, 0.4) is 0 Å². The van der Waals surface area contributed by atoms with E-state index in [1.54, 1.807) is 0 Å². The van der Waals surface area contributed by atoms with Crippen LogP contribution >= 0.6 is 11.6 Å². The SMILES string of the molecule is CC(CCN)N(C)c1cccc(Cl)c1. The smallest absolute Gasteiger partial charge is 0.0426 e. The molecule has 0 saturated heterocycles. The van der Waals surface area contributed by atoms with Crippen molar-refractivity contribution in [3.8, 4) is 0 Å². The first-order chi connectivity index (χ1) is 6.65. The summed E-state index contributed by atoms with van der Waals surface area (Å²) in [7, 11) is 2.06. The summed E-state index contributed by atoms with van der Waals surface area (Å²) < 4.78 is 0. The number of hydrogen-bond acceptors (Lipinski definition) is 2. The minimum Gasteiger partial charge on any atom is -0.372 e. The van der Waals surface area contributed by atoms with Crippen molar-refractivity contribution in [1.82, 2.24) is 0 Å². The van der Waals surface area contributed by atoms with Crippen molar-refractivity contribution in [1.29, 1.82) is 0 Å². The van der Waals surface area contributed by atoms with Gasteiger partial charge in [0.1, 0.15) is 0 Å². The molecule has 0 saturated carbocycles. The Morgan fingerprint density at radius 3 is 2.79 bits per heavy atom. The van der Waals surface area contributed by atoms with E-state index in [-0.39, 0.29) is 0 Å². The lowest BCUT2D eigenvalue weighted by atomic mass is 10.2. The lowest BCUT2D eigenvalue weighted by Gasteiger charge is -2.26. The van der Waals surface area contributed by atoms with Crippen LogP contribution in [0.2, 0.25) is 5.02 Å². The fraction of sp³-hybridized carbons (Fsp3) is 0.455. The van der Waals surface area contributed by atoms with Gasteiger partial charge in [0.05, 0.1) is 0 Å². The van der Waals surface area contributed by atoms with E-state index in [9.17, 15) is 0 Å². The molecular formula is C11H17ClN2. The minimum atomic E-state index is 0.443. The zero-order valence-corrected chi connectivity index (χ0v) is 9.46. The molecular weight excluding hydrogens is 196 g/mol. The number of halogens is 1. The van der Waals surface area contributed by atoms with Gasteiger partial charge in [-0.05, 0) is 38.1 Å². The average Bonchev–Trinajstić information content (AvgIpc) is 2.17. The van der Waals surface area contributed by atoms with E-state index in [4.69, 9.17) is 17.3 Å². The van der Waals surface area contributed by atoms with Gasteiger partial charge >= 0.3 is 0 Å². The molecule has 2 nitrogen and oxygen atoms in total. The van der Waals surface area contributed by atoms with Gasteiger partial charge in [-0.2, -0.15) is 0 Å². The van der Waals surface area contributed by atoms with Crippen LogP contribution in [0.4, 0.5) is 5.69 Å². The van der Waals surface area contributed by atoms with Gasteiger partial charge in [0.15, 0.2) is 0 Å². The predicted octanol–water partition coefficient (Wildman–Crippen LogP) is 2.51. The van der Waals surface area contributed by atoms with Gasteiger partial charge in [0.2, 0.25) is 0 Å². The number of benzene rings is 1. The van der Waals surface area contributed by atoms with E-state index in [1.807, 2.05) is 18.2 Å². The lowest BCUT2D eigenvalue weighted by molar-refractivity contribution is 0.635. The second kappa shape index (κ2) is 5.23. The topological polar surface area (TPSA) is 29.3 Å². The summed E-state index contributed by atoms with van der Waals surface area (Å²) >= 11 is 5.92. The quantitative estimate of drug-likeness (QED) is 0.831. The molecule has 3 heteroatoms. The molecule has 0 heterocycles. The summed E-state index contributed by atoms with van der Waals surface area (Å²) in [5.74, 6) is 0. The van der Waals surface area contributed by atoms with Crippen molar-refractivity contribution in [2.45, 2.75) is 19.4 Å². The average molecular weight is 213 g/mol. The summed E-state index contributed by atoms with van der Waals surface area (Å²) in [4.78, 5) is 2.19. The summed E-state index contributed by atoms with van der Waals surface area (Å²) in [5.41, 5.74) is 6.66. The molecule has 14 heavy (non-hydrogen) atoms. The normalized spacial score (nSPS) is 12.6. The highest BCUT2D eigenvalue weighted by Gasteiger charge is 2.08. The molecule has 0 spiro atoms. The molecule has 0 aliphatic carbocycles. The van der Waals surface area contributed by atoms with Crippen LogP contribution in [0.5, 0.6) is 0 Å². The summed E-state index contributed by atoms with van der Waals surface area (Å²) in [6, 6.07) is 8.31. The highest BCUT2D eigenvalue weighted by molar-refractivity contribution is 6.30. The maximum absolute atomic E-state index is 5.92. The molecule has 1 aromatic rings. The van der Waals surface area contributed by atoms with Crippen LogP contribution < -0.4 is 10.6 Å². The molecule has 1 rings (SSSR count). The Morgan fingerprint density at radius 1 is 1.50 bits per heavy atom. The molecule has 1 atom stereocenters. The molecule has 0 amide bonds. The van der Waals surface area contributed by atoms with Crippen molar-refractivity contribution >= 4 is 17.3 Å². The van der Waals surface area contributed by atoms with Crippen molar-refractivity contribution in [3.05, 3.63) is 29.3 Å². The Balaban J connectivity index is 2.73. The monoisotopic (exact) mass is 212 g/mol. The van der Waals surface area contributed by atoms with Crippen LogP contribution in [0.15, 0.2) is 24.3 Å². The Labute approximate surface area is 90.7 Å². The van der Waals surface area contributed by atoms with Gasteiger partial charge in [0.25, 0.3) is 0 Å². The van der Waals surface area contributed by atoms with E-state index in [0.29, 0.717) is 12.6 Å². The van der Waals surface area contributed by atoms with Crippen LogP contribution in [-0.4, -0.2) is 19.6 Å². The summed E-state index contributed by atoms with van der Waals surface area (Å²) in [5, 5.41) is 0.772. The van der Waals surface area contributed by atoms with Gasteiger partial charge in [0, 0.05) is 23.8 Å². The number of anilines is 1. The van der Waals surface area contributed by atoms with E-state index < -0.39 is 0 Å². The van der Waals surface area contributed by atoms with Gasteiger partial charge < -0.3 is 10.6 Å². The third-order valence-corrected chi connectivity index (χ3v) is 2.70. The maximum Gasteiger partial charge on any atom is 0.0426 e. The van der Waals surface area contributed by atoms with Crippen molar-refractivity contribution in [2.75, 3.05) is 18.5 Å². The second-order valence-electron chi connectivity index (χ2n) is 3.52. The summed E-state index contributed by atoms with van der Waals surface area (Å²) in [6.07, 6.45) is 0.989. The molecule has 2 N–H and O–H groups in total. The van der Waals surface area contributed by atoms with E-state index in [2.05, 4.69) is 24.9 Å². The Hall–Kier alpha value is -0.730. The molecule has 0 fully saturated rings. The van der Waals surface area contributed by atoms with Crippen molar-refractivity contribution < 1.29 is 0 Å². The van der Waals surface area contributed by atoms with Crippen molar-refractivity contribution in [2.24, 2.45) is 5.73 Å². The Morgan fingerprint density at radius 2 is 2.21 bits per heavy atom. The molecule has 0 bridgehead atoms. The first kappa shape index (κ1) is 11.3. The first-order valence-electron chi connectivity index (χ1n) is 4.83. The van der Waals surface area contributed by atoms with Gasteiger partial charge in [-0.1, -0.05) is 17.7 Å². The second-order valence-corrected chi connectivity index (χ2v) is 3.95. The number of nitrogens with two attached hydrogens (primary N) is 1. The fourth-order valence-corrected chi connectivity index (χ4v) is 1.57. The van der Waals surface area contributed by atoms with Crippen LogP contribution in [0.25, 0.3) is 0 Å². The van der Waals surface area contributed by atoms with Crippen LogP contribution in [0, 0.1) is 0 Å². The van der Waals surface area contributed by atoms with Gasteiger partial charge in [-0.15, -0.1) is 0 Å². The van der Waals surface area contributed by atoms with Crippen LogP contribution in [-0.2, 0) is 0 Å². The lowest BCUT2D eigenvalue weighted by Crippen LogP contribution is -2.30. The highest BCUT2D eigenvalue weighted by atomic mass is 35.5. The number of hydrogen-bond donors (Lipinski definition) is 1. The maximum atomic E-state index is 5.92. The zero-order valence-electron chi connectivity index (χ0n) is 8.70. The molecule has 78 valence electrons. The van der Waals surface area contributed by atoms with E-state index >= 15 is 0 Å².